The summed E-state index contributed by atoms with van der Waals surface area (Å²) in [6.07, 6.45) is 1.40. The Bertz CT molecular complexity index is 1490. The molecule has 11 heteroatoms. The summed E-state index contributed by atoms with van der Waals surface area (Å²) in [5, 5.41) is 11.6. The molecule has 4 rings (SSSR count). The van der Waals surface area contributed by atoms with Gasteiger partial charge in [0.2, 0.25) is 0 Å². The van der Waals surface area contributed by atoms with E-state index >= 15 is 0 Å². The highest BCUT2D eigenvalue weighted by atomic mass is 127. The van der Waals surface area contributed by atoms with Crippen molar-refractivity contribution in [2.45, 2.75) is 13.5 Å². The van der Waals surface area contributed by atoms with Crippen molar-refractivity contribution in [1.82, 2.24) is 5.32 Å². The first kappa shape index (κ1) is 27.2. The molecule has 1 aliphatic rings. The van der Waals surface area contributed by atoms with Crippen LogP contribution >= 0.6 is 34.8 Å². The maximum Gasteiger partial charge on any atom is 0.335 e. The number of ether oxygens (including phenoxy) is 2. The minimum absolute atomic E-state index is 0.0368. The zero-order chi connectivity index (χ0) is 27.4. The third kappa shape index (κ3) is 6.00. The van der Waals surface area contributed by atoms with Crippen LogP contribution in [0.1, 0.15) is 28.4 Å². The molecular formula is C27H20FIN2O6S. The number of carboxylic acids is 1. The molecule has 2 amide bonds. The van der Waals surface area contributed by atoms with Crippen LogP contribution in [0.3, 0.4) is 0 Å². The van der Waals surface area contributed by atoms with Crippen molar-refractivity contribution < 1.29 is 33.4 Å². The molecule has 38 heavy (non-hydrogen) atoms. The lowest BCUT2D eigenvalue weighted by molar-refractivity contribution is -0.122. The molecule has 0 saturated carbocycles. The molecule has 0 aliphatic carbocycles. The van der Waals surface area contributed by atoms with E-state index in [0.29, 0.717) is 32.8 Å². The van der Waals surface area contributed by atoms with Crippen molar-refractivity contribution in [3.8, 4) is 11.5 Å². The van der Waals surface area contributed by atoms with E-state index in [-0.39, 0.29) is 34.4 Å². The molecule has 194 valence electrons. The largest absolute Gasteiger partial charge is 0.490 e. The van der Waals surface area contributed by atoms with Gasteiger partial charge in [0.15, 0.2) is 16.6 Å². The van der Waals surface area contributed by atoms with E-state index in [1.54, 1.807) is 31.2 Å². The van der Waals surface area contributed by atoms with Gasteiger partial charge in [-0.25, -0.2) is 9.18 Å². The van der Waals surface area contributed by atoms with E-state index in [4.69, 9.17) is 21.7 Å². The number of hydrogen-bond acceptors (Lipinski definition) is 6. The van der Waals surface area contributed by atoms with Crippen LogP contribution in [0.15, 0.2) is 66.2 Å². The maximum absolute atomic E-state index is 13.5. The third-order valence-electron chi connectivity index (χ3n) is 5.37. The number of amides is 2. The lowest BCUT2D eigenvalue weighted by Crippen LogP contribution is -2.54. The first-order chi connectivity index (χ1) is 18.2. The molecule has 1 fully saturated rings. The van der Waals surface area contributed by atoms with Crippen molar-refractivity contribution in [2.75, 3.05) is 11.5 Å². The smallest absolute Gasteiger partial charge is 0.335 e. The predicted octanol–water partition coefficient (Wildman–Crippen LogP) is 4.94. The monoisotopic (exact) mass is 646 g/mol. The van der Waals surface area contributed by atoms with Crippen molar-refractivity contribution in [3.05, 3.63) is 92.3 Å². The molecule has 0 bridgehead atoms. The molecule has 0 radical (unpaired) electrons. The Morgan fingerprint density at radius 1 is 1.13 bits per heavy atom. The summed E-state index contributed by atoms with van der Waals surface area (Å²) >= 11 is 7.25. The molecule has 1 saturated heterocycles. The quantitative estimate of drug-likeness (QED) is 0.155. The standard InChI is InChI=1S/C27H20FIN2O6S/c1-2-36-22-12-16(11-21(29)23(22)37-14-15-5-3-7-18(28)9-15)10-20-24(32)30-27(38)31(25(20)33)19-8-4-6-17(13-19)26(34)35/h3-13H,2,14H2,1H3,(H,34,35)(H,30,32,38). The lowest BCUT2D eigenvalue weighted by Gasteiger charge is -2.29. The molecule has 1 heterocycles. The van der Waals surface area contributed by atoms with Crippen molar-refractivity contribution in [2.24, 2.45) is 0 Å². The van der Waals surface area contributed by atoms with Gasteiger partial charge in [-0.3, -0.25) is 19.8 Å². The summed E-state index contributed by atoms with van der Waals surface area (Å²) in [6.45, 7) is 2.24. The SMILES string of the molecule is CCOc1cc(C=C2C(=O)NC(=S)N(c3cccc(C(=O)O)c3)C2=O)cc(I)c1OCc1cccc(F)c1. The van der Waals surface area contributed by atoms with E-state index in [2.05, 4.69) is 27.9 Å². The molecular weight excluding hydrogens is 626 g/mol. The van der Waals surface area contributed by atoms with Gasteiger partial charge in [-0.05, 0) is 101 Å². The number of anilines is 1. The number of rotatable bonds is 8. The second-order valence-electron chi connectivity index (χ2n) is 7.99. The summed E-state index contributed by atoms with van der Waals surface area (Å²) < 4.78 is 25.9. The van der Waals surface area contributed by atoms with Crippen molar-refractivity contribution in [1.29, 1.82) is 0 Å². The van der Waals surface area contributed by atoms with Gasteiger partial charge in [0.25, 0.3) is 11.8 Å². The average molecular weight is 646 g/mol. The summed E-state index contributed by atoms with van der Waals surface area (Å²) in [7, 11) is 0. The van der Waals surface area contributed by atoms with Gasteiger partial charge in [-0.1, -0.05) is 18.2 Å². The zero-order valence-electron chi connectivity index (χ0n) is 19.9. The molecule has 2 N–H and O–H groups in total. The fraction of sp³-hybridized carbons (Fsp3) is 0.111. The third-order valence-corrected chi connectivity index (χ3v) is 6.45. The van der Waals surface area contributed by atoms with E-state index < -0.39 is 17.8 Å². The van der Waals surface area contributed by atoms with Crippen LogP contribution in [0.5, 0.6) is 11.5 Å². The number of benzene rings is 3. The molecule has 0 unspecified atom stereocenters. The topological polar surface area (TPSA) is 105 Å². The Hall–Kier alpha value is -3.84. The van der Waals surface area contributed by atoms with Gasteiger partial charge in [0, 0.05) is 0 Å². The number of carbonyl (C=O) groups excluding carboxylic acids is 2. The first-order valence-corrected chi connectivity index (χ1v) is 12.7. The maximum atomic E-state index is 13.5. The Labute approximate surface area is 236 Å². The Morgan fingerprint density at radius 2 is 1.89 bits per heavy atom. The Balaban J connectivity index is 1.67. The van der Waals surface area contributed by atoms with Crippen LogP contribution in [0.25, 0.3) is 6.08 Å². The van der Waals surface area contributed by atoms with Gasteiger partial charge in [-0.2, -0.15) is 0 Å². The van der Waals surface area contributed by atoms with Crippen LogP contribution in [0.2, 0.25) is 0 Å². The average Bonchev–Trinajstić information content (AvgIpc) is 2.86. The highest BCUT2D eigenvalue weighted by Gasteiger charge is 2.35. The molecule has 3 aromatic carbocycles. The number of aromatic carboxylic acids is 1. The predicted molar refractivity (Wildman–Crippen MR) is 151 cm³/mol. The van der Waals surface area contributed by atoms with E-state index in [1.165, 1.54) is 42.5 Å². The van der Waals surface area contributed by atoms with Crippen molar-refractivity contribution >= 4 is 69.5 Å². The number of carboxylic acid groups (broad SMARTS) is 1. The van der Waals surface area contributed by atoms with Crippen LogP contribution in [-0.2, 0) is 16.2 Å². The number of carbonyl (C=O) groups is 3. The molecule has 8 nitrogen and oxygen atoms in total. The van der Waals surface area contributed by atoms with Crippen molar-refractivity contribution in [3.63, 3.8) is 0 Å². The van der Waals surface area contributed by atoms with E-state index in [9.17, 15) is 23.9 Å². The Kier molecular flexibility index (Phi) is 8.37. The zero-order valence-corrected chi connectivity index (χ0v) is 22.8. The fourth-order valence-corrected chi connectivity index (χ4v) is 4.76. The number of hydrogen-bond donors (Lipinski definition) is 2. The second-order valence-corrected chi connectivity index (χ2v) is 9.54. The highest BCUT2D eigenvalue weighted by Crippen LogP contribution is 2.36. The van der Waals surface area contributed by atoms with Crippen LogP contribution in [0, 0.1) is 9.39 Å². The molecule has 3 aromatic rings. The van der Waals surface area contributed by atoms with Gasteiger partial charge < -0.3 is 14.6 Å². The van der Waals surface area contributed by atoms with Crippen LogP contribution in [-0.4, -0.2) is 34.6 Å². The first-order valence-electron chi connectivity index (χ1n) is 11.3. The number of nitrogens with zero attached hydrogens (tertiary/aromatic N) is 1. The number of thiocarbonyl (C=S) groups is 1. The van der Waals surface area contributed by atoms with Gasteiger partial charge in [0.05, 0.1) is 21.4 Å². The minimum atomic E-state index is -1.17. The molecule has 0 atom stereocenters. The summed E-state index contributed by atoms with van der Waals surface area (Å²) in [6, 6.07) is 15.1. The fourth-order valence-electron chi connectivity index (χ4n) is 3.69. The Morgan fingerprint density at radius 3 is 2.61 bits per heavy atom. The van der Waals surface area contributed by atoms with Gasteiger partial charge >= 0.3 is 5.97 Å². The summed E-state index contributed by atoms with van der Waals surface area (Å²) in [5.74, 6) is -2.11. The molecule has 0 aromatic heterocycles. The van der Waals surface area contributed by atoms with E-state index in [0.717, 1.165) is 4.90 Å². The number of nitrogens with one attached hydrogen (secondary N) is 1. The molecule has 1 aliphatic heterocycles. The van der Waals surface area contributed by atoms with Crippen LogP contribution < -0.4 is 19.7 Å². The van der Waals surface area contributed by atoms with Crippen LogP contribution in [0.4, 0.5) is 10.1 Å². The normalized spacial score (nSPS) is 14.4. The minimum Gasteiger partial charge on any atom is -0.490 e. The number of halogens is 2. The summed E-state index contributed by atoms with van der Waals surface area (Å²) in [5.41, 5.74) is 1.09. The second kappa shape index (κ2) is 11.7. The molecule has 0 spiro atoms. The highest BCUT2D eigenvalue weighted by molar-refractivity contribution is 14.1. The lowest BCUT2D eigenvalue weighted by atomic mass is 10.1. The van der Waals surface area contributed by atoms with E-state index in [1.807, 2.05) is 0 Å². The van der Waals surface area contributed by atoms with Gasteiger partial charge in [-0.15, -0.1) is 0 Å². The van der Waals surface area contributed by atoms with Gasteiger partial charge in [0.1, 0.15) is 18.0 Å². The summed E-state index contributed by atoms with van der Waals surface area (Å²) in [4.78, 5) is 38.5.